The molecule has 0 aliphatic carbocycles. The summed E-state index contributed by atoms with van der Waals surface area (Å²) in [5.74, 6) is 7.44. The first kappa shape index (κ1) is 24.7. The van der Waals surface area contributed by atoms with Crippen molar-refractivity contribution in [3.05, 3.63) is 94.6 Å². The van der Waals surface area contributed by atoms with Crippen LogP contribution in [-0.2, 0) is 21.5 Å². The molecule has 0 unspecified atom stereocenters. The molecule has 0 aliphatic rings. The molecule has 0 bridgehead atoms. The minimum absolute atomic E-state index is 0.206. The van der Waals surface area contributed by atoms with Gasteiger partial charge in [-0.25, -0.2) is 0 Å². The molecule has 0 saturated carbocycles. The molecule has 0 saturated heterocycles. The molecule has 172 valence electrons. The van der Waals surface area contributed by atoms with E-state index in [1.54, 1.807) is 0 Å². The first-order chi connectivity index (χ1) is 15.1. The van der Waals surface area contributed by atoms with Gasteiger partial charge in [0.05, 0.1) is 21.5 Å². The summed E-state index contributed by atoms with van der Waals surface area (Å²) >= 11 is 6.77. The Hall–Kier alpha value is -1.92. The lowest BCUT2D eigenvalue weighted by molar-refractivity contribution is 0.349. The topological polar surface area (TPSA) is 52.6 Å². The van der Waals surface area contributed by atoms with Crippen molar-refractivity contribution in [2.45, 2.75) is 63.0 Å². The average Bonchev–Trinajstić information content (AvgIpc) is 3.54. The van der Waals surface area contributed by atoms with Crippen LogP contribution < -0.4 is 0 Å². The molecular formula is C26H30Br2O4. The standard InChI is InChI=1S/C13H14Br2O2.C13H16O2/c1-13(2,11-5-3-9(7-14)16-11)12-6-4-10(8-15)17-12;1-9-5-7-11(14-9)13(3,4)12-8-6-10(2)15-12/h3-6H,7-8H2,1-2H3;5-8H,1-4H3. The van der Waals surface area contributed by atoms with E-state index in [-0.39, 0.29) is 10.8 Å². The quantitative estimate of drug-likeness (QED) is 0.219. The molecule has 0 amide bonds. The van der Waals surface area contributed by atoms with E-state index in [9.17, 15) is 0 Å². The number of aryl methyl sites for hydroxylation is 2. The Bertz CT molecular complexity index is 1050. The largest absolute Gasteiger partial charge is 0.465 e. The van der Waals surface area contributed by atoms with Crippen LogP contribution in [0.25, 0.3) is 0 Å². The normalized spacial score (nSPS) is 12.0. The van der Waals surface area contributed by atoms with Crippen molar-refractivity contribution < 1.29 is 17.7 Å². The maximum absolute atomic E-state index is 5.78. The van der Waals surface area contributed by atoms with E-state index >= 15 is 0 Å². The maximum Gasteiger partial charge on any atom is 0.117 e. The van der Waals surface area contributed by atoms with Gasteiger partial charge in [0.15, 0.2) is 0 Å². The lowest BCUT2D eigenvalue weighted by atomic mass is 9.87. The molecule has 0 fully saturated rings. The highest BCUT2D eigenvalue weighted by Gasteiger charge is 2.31. The molecule has 0 spiro atoms. The van der Waals surface area contributed by atoms with Crippen molar-refractivity contribution in [1.29, 1.82) is 0 Å². The number of hydrogen-bond donors (Lipinski definition) is 0. The van der Waals surface area contributed by atoms with E-state index in [2.05, 4.69) is 59.6 Å². The van der Waals surface area contributed by atoms with Crippen LogP contribution in [0.2, 0.25) is 0 Å². The van der Waals surface area contributed by atoms with Gasteiger partial charge in [-0.15, -0.1) is 0 Å². The van der Waals surface area contributed by atoms with Crippen LogP contribution in [0.3, 0.4) is 0 Å². The van der Waals surface area contributed by atoms with Crippen LogP contribution in [0.4, 0.5) is 0 Å². The highest BCUT2D eigenvalue weighted by Crippen LogP contribution is 2.35. The zero-order valence-corrected chi connectivity index (χ0v) is 22.6. The van der Waals surface area contributed by atoms with Crippen LogP contribution in [0.15, 0.2) is 66.2 Å². The molecule has 4 aromatic heterocycles. The minimum Gasteiger partial charge on any atom is -0.465 e. The summed E-state index contributed by atoms with van der Waals surface area (Å²) in [4.78, 5) is 0. The number of halogens is 2. The van der Waals surface area contributed by atoms with E-state index in [1.807, 2.05) is 62.4 Å². The van der Waals surface area contributed by atoms with E-state index in [0.29, 0.717) is 0 Å². The Morgan fingerprint density at radius 1 is 0.531 bits per heavy atom. The fourth-order valence-electron chi connectivity index (χ4n) is 3.36. The molecule has 0 atom stereocenters. The van der Waals surface area contributed by atoms with Crippen LogP contribution in [0.5, 0.6) is 0 Å². The number of hydrogen-bond acceptors (Lipinski definition) is 4. The summed E-state index contributed by atoms with van der Waals surface area (Å²) in [7, 11) is 0. The van der Waals surface area contributed by atoms with Gasteiger partial charge in [0.25, 0.3) is 0 Å². The van der Waals surface area contributed by atoms with Gasteiger partial charge in [0.1, 0.15) is 46.1 Å². The van der Waals surface area contributed by atoms with Gasteiger partial charge >= 0.3 is 0 Å². The third kappa shape index (κ3) is 5.34. The summed E-state index contributed by atoms with van der Waals surface area (Å²) < 4.78 is 22.9. The van der Waals surface area contributed by atoms with Crippen LogP contribution in [-0.4, -0.2) is 0 Å². The van der Waals surface area contributed by atoms with Crippen molar-refractivity contribution in [3.8, 4) is 0 Å². The summed E-state index contributed by atoms with van der Waals surface area (Å²) in [6.45, 7) is 12.3. The molecule has 0 aromatic carbocycles. The van der Waals surface area contributed by atoms with Crippen molar-refractivity contribution in [2.24, 2.45) is 0 Å². The Labute approximate surface area is 206 Å². The summed E-state index contributed by atoms with van der Waals surface area (Å²) in [6.07, 6.45) is 0. The van der Waals surface area contributed by atoms with Crippen molar-refractivity contribution in [2.75, 3.05) is 0 Å². The zero-order valence-electron chi connectivity index (χ0n) is 19.4. The van der Waals surface area contributed by atoms with Gasteiger partial charge in [-0.1, -0.05) is 31.9 Å². The highest BCUT2D eigenvalue weighted by molar-refractivity contribution is 9.08. The fourth-order valence-corrected chi connectivity index (χ4v) is 3.96. The zero-order chi connectivity index (χ0) is 23.5. The van der Waals surface area contributed by atoms with E-state index < -0.39 is 0 Å². The second kappa shape index (κ2) is 9.92. The lowest BCUT2D eigenvalue weighted by Crippen LogP contribution is -2.16. The summed E-state index contributed by atoms with van der Waals surface area (Å²) in [6, 6.07) is 16.0. The van der Waals surface area contributed by atoms with E-state index in [4.69, 9.17) is 17.7 Å². The molecule has 0 N–H and O–H groups in total. The minimum atomic E-state index is -0.249. The third-order valence-corrected chi connectivity index (χ3v) is 6.64. The first-order valence-electron chi connectivity index (χ1n) is 10.5. The molecule has 4 nitrogen and oxygen atoms in total. The second-order valence-corrected chi connectivity index (χ2v) is 9.99. The molecular weight excluding hydrogens is 536 g/mol. The summed E-state index contributed by atoms with van der Waals surface area (Å²) in [5.41, 5.74) is -0.455. The smallest absolute Gasteiger partial charge is 0.117 e. The van der Waals surface area contributed by atoms with E-state index in [1.165, 1.54) is 0 Å². The molecule has 0 aliphatic heterocycles. The van der Waals surface area contributed by atoms with Gasteiger partial charge < -0.3 is 17.7 Å². The molecule has 4 rings (SSSR count). The Kier molecular flexibility index (Phi) is 7.66. The molecule has 32 heavy (non-hydrogen) atoms. The predicted octanol–water partition coefficient (Wildman–Crippen LogP) is 8.80. The van der Waals surface area contributed by atoms with Gasteiger partial charge in [-0.05, 0) is 90.1 Å². The fraction of sp³-hybridized carbons (Fsp3) is 0.385. The first-order valence-corrected chi connectivity index (χ1v) is 12.8. The van der Waals surface area contributed by atoms with Crippen molar-refractivity contribution in [3.63, 3.8) is 0 Å². The maximum atomic E-state index is 5.78. The molecule has 4 heterocycles. The Balaban J connectivity index is 0.000000182. The lowest BCUT2D eigenvalue weighted by Gasteiger charge is -2.19. The SMILES string of the molecule is CC(C)(c1ccc(CBr)o1)c1ccc(CBr)o1.Cc1ccc(C(C)(C)c2ccc(C)o2)o1. The highest BCUT2D eigenvalue weighted by atomic mass is 79.9. The van der Waals surface area contributed by atoms with Crippen LogP contribution in [0, 0.1) is 13.8 Å². The van der Waals surface area contributed by atoms with Gasteiger partial charge in [-0.2, -0.15) is 0 Å². The van der Waals surface area contributed by atoms with Crippen molar-refractivity contribution >= 4 is 31.9 Å². The predicted molar refractivity (Wildman–Crippen MR) is 134 cm³/mol. The molecule has 6 heteroatoms. The Morgan fingerprint density at radius 2 is 0.844 bits per heavy atom. The summed E-state index contributed by atoms with van der Waals surface area (Å²) in [5, 5.41) is 1.46. The number of rotatable bonds is 6. The van der Waals surface area contributed by atoms with Crippen LogP contribution >= 0.6 is 31.9 Å². The molecule has 0 radical (unpaired) electrons. The Morgan fingerprint density at radius 3 is 1.09 bits per heavy atom. The van der Waals surface area contributed by atoms with Gasteiger partial charge in [-0.3, -0.25) is 0 Å². The third-order valence-electron chi connectivity index (χ3n) is 5.53. The number of alkyl halides is 2. The monoisotopic (exact) mass is 564 g/mol. The van der Waals surface area contributed by atoms with Gasteiger partial charge in [0.2, 0.25) is 0 Å². The molecule has 4 aromatic rings. The van der Waals surface area contributed by atoms with E-state index in [0.717, 1.165) is 56.7 Å². The number of furan rings is 4. The van der Waals surface area contributed by atoms with Gasteiger partial charge in [0, 0.05) is 0 Å². The average molecular weight is 566 g/mol. The van der Waals surface area contributed by atoms with Crippen LogP contribution in [0.1, 0.15) is 73.8 Å². The van der Waals surface area contributed by atoms with Crippen molar-refractivity contribution in [1.82, 2.24) is 0 Å². The second-order valence-electron chi connectivity index (χ2n) is 8.87.